The van der Waals surface area contributed by atoms with E-state index in [0.717, 1.165) is 38.9 Å². The largest absolute Gasteiger partial charge is 0.356 e. The Labute approximate surface area is 124 Å². The second kappa shape index (κ2) is 12.0. The van der Waals surface area contributed by atoms with E-state index in [1.807, 2.05) is 0 Å². The number of rotatable bonds is 11. The molecular formula is C17H32N2O. The summed E-state index contributed by atoms with van der Waals surface area (Å²) in [5, 5.41) is 6.34. The number of hydrogen-bond acceptors (Lipinski definition) is 2. The molecule has 0 atom stereocenters. The molecule has 0 radical (unpaired) electrons. The topological polar surface area (TPSA) is 41.1 Å². The van der Waals surface area contributed by atoms with Crippen molar-refractivity contribution in [2.75, 3.05) is 19.6 Å². The molecule has 0 aromatic carbocycles. The third kappa shape index (κ3) is 9.13. The van der Waals surface area contributed by atoms with E-state index in [9.17, 15) is 4.79 Å². The maximum atomic E-state index is 11.7. The van der Waals surface area contributed by atoms with Crippen molar-refractivity contribution in [2.24, 2.45) is 0 Å². The van der Waals surface area contributed by atoms with Gasteiger partial charge in [-0.15, -0.1) is 0 Å². The summed E-state index contributed by atoms with van der Waals surface area (Å²) in [6.45, 7) is 5.12. The van der Waals surface area contributed by atoms with Crippen molar-refractivity contribution in [3.8, 4) is 0 Å². The number of nitrogens with one attached hydrogen (secondary N) is 2. The smallest absolute Gasteiger partial charge is 0.220 e. The van der Waals surface area contributed by atoms with Crippen LogP contribution in [0.25, 0.3) is 0 Å². The van der Waals surface area contributed by atoms with Crippen LogP contribution >= 0.6 is 0 Å². The SMILES string of the molecule is CCCCCCCCCC(=O)NCCC1=CCNCC1. The number of hydrogen-bond donors (Lipinski definition) is 2. The molecule has 20 heavy (non-hydrogen) atoms. The lowest BCUT2D eigenvalue weighted by Gasteiger charge is -2.14. The van der Waals surface area contributed by atoms with Gasteiger partial charge >= 0.3 is 0 Å². The van der Waals surface area contributed by atoms with E-state index in [4.69, 9.17) is 0 Å². The zero-order chi connectivity index (χ0) is 14.5. The van der Waals surface area contributed by atoms with E-state index in [1.165, 1.54) is 44.1 Å². The number of carbonyl (C=O) groups excluding carboxylic acids is 1. The Kier molecular flexibility index (Phi) is 10.3. The van der Waals surface area contributed by atoms with Crippen LogP contribution in [-0.4, -0.2) is 25.5 Å². The molecule has 1 rings (SSSR count). The monoisotopic (exact) mass is 280 g/mol. The van der Waals surface area contributed by atoms with Gasteiger partial charge in [0.2, 0.25) is 5.91 Å². The zero-order valence-corrected chi connectivity index (χ0v) is 13.2. The molecule has 0 saturated heterocycles. The molecule has 1 heterocycles. The molecule has 0 spiro atoms. The van der Waals surface area contributed by atoms with Gasteiger partial charge in [-0.05, 0) is 25.8 Å². The van der Waals surface area contributed by atoms with Gasteiger partial charge in [0.15, 0.2) is 0 Å². The molecule has 0 aromatic heterocycles. The minimum absolute atomic E-state index is 0.230. The molecule has 1 aliphatic rings. The summed E-state index contributed by atoms with van der Waals surface area (Å²) >= 11 is 0. The maximum Gasteiger partial charge on any atom is 0.220 e. The van der Waals surface area contributed by atoms with Gasteiger partial charge in [0.05, 0.1) is 0 Å². The van der Waals surface area contributed by atoms with Gasteiger partial charge in [0.25, 0.3) is 0 Å². The van der Waals surface area contributed by atoms with Crippen LogP contribution < -0.4 is 10.6 Å². The zero-order valence-electron chi connectivity index (χ0n) is 13.2. The number of unbranched alkanes of at least 4 members (excludes halogenated alkanes) is 6. The maximum absolute atomic E-state index is 11.7. The van der Waals surface area contributed by atoms with Crippen LogP contribution in [-0.2, 0) is 4.79 Å². The van der Waals surface area contributed by atoms with Gasteiger partial charge in [0.1, 0.15) is 0 Å². The van der Waals surface area contributed by atoms with Crippen molar-refractivity contribution in [3.63, 3.8) is 0 Å². The number of carbonyl (C=O) groups is 1. The third-order valence-corrected chi connectivity index (χ3v) is 3.93. The van der Waals surface area contributed by atoms with Crippen molar-refractivity contribution < 1.29 is 4.79 Å². The molecule has 116 valence electrons. The molecule has 0 unspecified atom stereocenters. The first-order chi connectivity index (χ1) is 9.83. The van der Waals surface area contributed by atoms with E-state index < -0.39 is 0 Å². The summed E-state index contributed by atoms with van der Waals surface area (Å²) in [6.07, 6.45) is 14.0. The van der Waals surface area contributed by atoms with Crippen LogP contribution in [0.2, 0.25) is 0 Å². The standard InChI is InChI=1S/C17H32N2O/c1-2-3-4-5-6-7-8-9-17(20)19-15-12-16-10-13-18-14-11-16/h10,18H,2-9,11-15H2,1H3,(H,19,20). The highest BCUT2D eigenvalue weighted by atomic mass is 16.1. The van der Waals surface area contributed by atoms with E-state index in [0.29, 0.717) is 6.42 Å². The Morgan fingerprint density at radius 2 is 1.95 bits per heavy atom. The van der Waals surface area contributed by atoms with Gasteiger partial charge in [-0.2, -0.15) is 0 Å². The van der Waals surface area contributed by atoms with Crippen molar-refractivity contribution in [1.82, 2.24) is 10.6 Å². The first-order valence-electron chi connectivity index (χ1n) is 8.48. The first kappa shape index (κ1) is 17.2. The van der Waals surface area contributed by atoms with E-state index in [1.54, 1.807) is 0 Å². The van der Waals surface area contributed by atoms with Crippen molar-refractivity contribution in [1.29, 1.82) is 0 Å². The molecule has 0 aromatic rings. The van der Waals surface area contributed by atoms with Crippen LogP contribution in [0.1, 0.15) is 71.1 Å². The van der Waals surface area contributed by atoms with Crippen LogP contribution in [0.4, 0.5) is 0 Å². The van der Waals surface area contributed by atoms with Crippen LogP contribution in [0.5, 0.6) is 0 Å². The van der Waals surface area contributed by atoms with Crippen LogP contribution in [0.15, 0.2) is 11.6 Å². The quantitative estimate of drug-likeness (QED) is 0.449. The summed E-state index contributed by atoms with van der Waals surface area (Å²) in [5.41, 5.74) is 1.49. The summed E-state index contributed by atoms with van der Waals surface area (Å²) < 4.78 is 0. The normalized spacial score (nSPS) is 14.9. The molecule has 1 aliphatic heterocycles. The molecule has 0 saturated carbocycles. The summed E-state index contributed by atoms with van der Waals surface area (Å²) in [7, 11) is 0. The Hall–Kier alpha value is -0.830. The predicted molar refractivity (Wildman–Crippen MR) is 85.8 cm³/mol. The lowest BCUT2D eigenvalue weighted by Crippen LogP contribution is -2.26. The molecule has 0 aliphatic carbocycles. The van der Waals surface area contributed by atoms with E-state index in [2.05, 4.69) is 23.6 Å². The van der Waals surface area contributed by atoms with Crippen molar-refractivity contribution in [2.45, 2.75) is 71.1 Å². The lowest BCUT2D eigenvalue weighted by atomic mass is 10.1. The molecule has 2 N–H and O–H groups in total. The van der Waals surface area contributed by atoms with Gasteiger partial charge in [-0.25, -0.2) is 0 Å². The van der Waals surface area contributed by atoms with Gasteiger partial charge in [-0.3, -0.25) is 4.79 Å². The fourth-order valence-electron chi connectivity index (χ4n) is 2.59. The number of amides is 1. The molecular weight excluding hydrogens is 248 g/mol. The molecule has 3 heteroatoms. The second-order valence-electron chi connectivity index (χ2n) is 5.79. The van der Waals surface area contributed by atoms with Gasteiger partial charge < -0.3 is 10.6 Å². The first-order valence-corrected chi connectivity index (χ1v) is 8.48. The Balaban J connectivity index is 1.88. The molecule has 1 amide bonds. The second-order valence-corrected chi connectivity index (χ2v) is 5.79. The summed E-state index contributed by atoms with van der Waals surface area (Å²) in [6, 6.07) is 0. The highest BCUT2D eigenvalue weighted by molar-refractivity contribution is 5.75. The minimum Gasteiger partial charge on any atom is -0.356 e. The highest BCUT2D eigenvalue weighted by Gasteiger charge is 2.04. The molecule has 0 bridgehead atoms. The summed E-state index contributed by atoms with van der Waals surface area (Å²) in [5.74, 6) is 0.230. The minimum atomic E-state index is 0.230. The van der Waals surface area contributed by atoms with E-state index >= 15 is 0 Å². The molecule has 3 nitrogen and oxygen atoms in total. The average molecular weight is 280 g/mol. The average Bonchev–Trinajstić information content (AvgIpc) is 2.47. The lowest BCUT2D eigenvalue weighted by molar-refractivity contribution is -0.121. The fraction of sp³-hybridized carbons (Fsp3) is 0.824. The Bertz CT molecular complexity index is 287. The highest BCUT2D eigenvalue weighted by Crippen LogP contribution is 2.09. The van der Waals surface area contributed by atoms with Crippen molar-refractivity contribution >= 4 is 5.91 Å². The van der Waals surface area contributed by atoms with Crippen molar-refractivity contribution in [3.05, 3.63) is 11.6 Å². The third-order valence-electron chi connectivity index (χ3n) is 3.93. The van der Waals surface area contributed by atoms with Gasteiger partial charge in [-0.1, -0.05) is 57.1 Å². The molecule has 0 fully saturated rings. The Morgan fingerprint density at radius 1 is 1.20 bits per heavy atom. The van der Waals surface area contributed by atoms with Crippen LogP contribution in [0.3, 0.4) is 0 Å². The van der Waals surface area contributed by atoms with E-state index in [-0.39, 0.29) is 5.91 Å². The van der Waals surface area contributed by atoms with Gasteiger partial charge in [0, 0.05) is 19.5 Å². The summed E-state index contributed by atoms with van der Waals surface area (Å²) in [4.78, 5) is 11.7. The Morgan fingerprint density at radius 3 is 2.65 bits per heavy atom. The fourth-order valence-corrected chi connectivity index (χ4v) is 2.59. The predicted octanol–water partition coefficient (Wildman–Crippen LogP) is 3.55. The van der Waals surface area contributed by atoms with Crippen LogP contribution in [0, 0.1) is 0 Å².